The van der Waals surface area contributed by atoms with Crippen LogP contribution in [0.4, 0.5) is 0 Å². The molecule has 2 aromatic rings. The molecule has 2 heterocycles. The largest absolute Gasteiger partial charge is 0.459 e. The van der Waals surface area contributed by atoms with Crippen molar-refractivity contribution in [3.8, 4) is 0 Å². The summed E-state index contributed by atoms with van der Waals surface area (Å²) in [7, 11) is 0. The molecule has 5 heteroatoms. The van der Waals surface area contributed by atoms with E-state index < -0.39 is 0 Å². The Labute approximate surface area is 148 Å². The highest BCUT2D eigenvalue weighted by molar-refractivity contribution is 5.94. The average Bonchev–Trinajstić information content (AvgIpc) is 3.15. The third-order valence-corrected chi connectivity index (χ3v) is 4.82. The molecule has 0 bridgehead atoms. The van der Waals surface area contributed by atoms with E-state index in [9.17, 15) is 9.59 Å². The second kappa shape index (κ2) is 7.55. The van der Waals surface area contributed by atoms with Crippen molar-refractivity contribution < 1.29 is 14.0 Å². The van der Waals surface area contributed by atoms with Gasteiger partial charge in [0.2, 0.25) is 5.91 Å². The van der Waals surface area contributed by atoms with E-state index in [2.05, 4.69) is 43.4 Å². The maximum Gasteiger partial charge on any atom is 0.287 e. The lowest BCUT2D eigenvalue weighted by Gasteiger charge is -2.40. The van der Waals surface area contributed by atoms with Crippen LogP contribution in [0.3, 0.4) is 0 Å². The van der Waals surface area contributed by atoms with Crippen molar-refractivity contribution in [2.45, 2.75) is 32.7 Å². The summed E-state index contributed by atoms with van der Waals surface area (Å²) < 4.78 is 5.05. The molecule has 2 amide bonds. The van der Waals surface area contributed by atoms with Crippen molar-refractivity contribution in [1.29, 1.82) is 0 Å². The monoisotopic (exact) mass is 340 g/mol. The zero-order chi connectivity index (χ0) is 17.8. The zero-order valence-electron chi connectivity index (χ0n) is 14.7. The van der Waals surface area contributed by atoms with Crippen molar-refractivity contribution in [1.82, 2.24) is 10.2 Å². The lowest BCUT2D eigenvalue weighted by atomic mass is 9.85. The van der Waals surface area contributed by atoms with Crippen LogP contribution in [0, 0.1) is 12.8 Å². The number of nitrogens with one attached hydrogen (secondary N) is 1. The van der Waals surface area contributed by atoms with Crippen LogP contribution in [0.15, 0.2) is 47.1 Å². The van der Waals surface area contributed by atoms with E-state index in [1.165, 1.54) is 11.8 Å². The summed E-state index contributed by atoms with van der Waals surface area (Å²) in [5.41, 5.74) is 2.36. The van der Waals surface area contributed by atoms with Crippen LogP contribution < -0.4 is 5.32 Å². The van der Waals surface area contributed by atoms with E-state index in [0.29, 0.717) is 5.92 Å². The van der Waals surface area contributed by atoms with Gasteiger partial charge >= 0.3 is 0 Å². The van der Waals surface area contributed by atoms with E-state index >= 15 is 0 Å². The first-order chi connectivity index (χ1) is 12.1. The first kappa shape index (κ1) is 17.3. The van der Waals surface area contributed by atoms with Crippen molar-refractivity contribution >= 4 is 11.8 Å². The highest BCUT2D eigenvalue weighted by atomic mass is 16.3. The molecule has 1 aromatic heterocycles. The average molecular weight is 340 g/mol. The SMILES string of the molecule is Cc1ccc(C2C(C)CCCN2C(=O)CNC(=O)c2ccco2)cc1. The Kier molecular flexibility index (Phi) is 5.22. The highest BCUT2D eigenvalue weighted by Crippen LogP contribution is 2.35. The number of aryl methyl sites for hydroxylation is 1. The molecule has 1 aromatic carbocycles. The van der Waals surface area contributed by atoms with Crippen molar-refractivity contribution in [2.24, 2.45) is 5.92 Å². The molecule has 2 atom stereocenters. The number of likely N-dealkylation sites (tertiary alicyclic amines) is 1. The number of piperidine rings is 1. The van der Waals surface area contributed by atoms with Crippen LogP contribution in [-0.2, 0) is 4.79 Å². The number of carbonyl (C=O) groups is 2. The first-order valence-corrected chi connectivity index (χ1v) is 8.74. The summed E-state index contributed by atoms with van der Waals surface area (Å²) >= 11 is 0. The molecule has 1 aliphatic heterocycles. The van der Waals surface area contributed by atoms with Crippen molar-refractivity contribution in [3.05, 3.63) is 59.5 Å². The van der Waals surface area contributed by atoms with Gasteiger partial charge in [-0.25, -0.2) is 0 Å². The summed E-state index contributed by atoms with van der Waals surface area (Å²) in [5.74, 6) is 0.184. The molecule has 2 unspecified atom stereocenters. The van der Waals surface area contributed by atoms with E-state index in [4.69, 9.17) is 4.42 Å². The van der Waals surface area contributed by atoms with Gasteiger partial charge in [0.1, 0.15) is 0 Å². The first-order valence-electron chi connectivity index (χ1n) is 8.74. The minimum Gasteiger partial charge on any atom is -0.459 e. The molecule has 132 valence electrons. The van der Waals surface area contributed by atoms with Gasteiger partial charge in [-0.05, 0) is 43.4 Å². The van der Waals surface area contributed by atoms with E-state index in [1.54, 1.807) is 12.1 Å². The normalized spacial score (nSPS) is 20.3. The third kappa shape index (κ3) is 3.92. The lowest BCUT2D eigenvalue weighted by Crippen LogP contribution is -2.46. The van der Waals surface area contributed by atoms with Gasteiger partial charge in [-0.2, -0.15) is 0 Å². The summed E-state index contributed by atoms with van der Waals surface area (Å²) in [6.45, 7) is 4.94. The fourth-order valence-corrected chi connectivity index (χ4v) is 3.49. The standard InChI is InChI=1S/C20H24N2O3/c1-14-7-9-16(10-8-14)19-15(2)5-3-11-22(19)18(23)13-21-20(24)17-6-4-12-25-17/h4,6-10,12,15,19H,3,5,11,13H2,1-2H3,(H,21,24). The molecule has 0 spiro atoms. The van der Waals surface area contributed by atoms with Gasteiger partial charge in [-0.1, -0.05) is 36.8 Å². The smallest absolute Gasteiger partial charge is 0.287 e. The number of carbonyl (C=O) groups excluding carboxylic acids is 2. The summed E-state index contributed by atoms with van der Waals surface area (Å²) in [6.07, 6.45) is 3.53. The number of furan rings is 1. The van der Waals surface area contributed by atoms with Crippen LogP contribution in [0.25, 0.3) is 0 Å². The molecule has 0 radical (unpaired) electrons. The Morgan fingerprint density at radius 1 is 1.24 bits per heavy atom. The van der Waals surface area contributed by atoms with Crippen molar-refractivity contribution in [3.63, 3.8) is 0 Å². The van der Waals surface area contributed by atoms with Gasteiger partial charge in [0.05, 0.1) is 18.8 Å². The molecular formula is C20H24N2O3. The third-order valence-electron chi connectivity index (χ3n) is 4.82. The molecule has 1 fully saturated rings. The molecule has 0 saturated carbocycles. The maximum absolute atomic E-state index is 12.7. The molecule has 1 N–H and O–H groups in total. The minimum absolute atomic E-state index is 0.0192. The lowest BCUT2D eigenvalue weighted by molar-refractivity contribution is -0.135. The van der Waals surface area contributed by atoms with E-state index in [1.807, 2.05) is 4.90 Å². The predicted octanol–water partition coefficient (Wildman–Crippen LogP) is 3.32. The van der Waals surface area contributed by atoms with Gasteiger partial charge in [0, 0.05) is 6.54 Å². The molecule has 5 nitrogen and oxygen atoms in total. The Morgan fingerprint density at radius 3 is 2.68 bits per heavy atom. The number of hydrogen-bond acceptors (Lipinski definition) is 3. The highest BCUT2D eigenvalue weighted by Gasteiger charge is 2.33. The number of benzene rings is 1. The summed E-state index contributed by atoms with van der Waals surface area (Å²) in [5, 5.41) is 2.65. The van der Waals surface area contributed by atoms with Crippen LogP contribution in [0.2, 0.25) is 0 Å². The Bertz CT molecular complexity index is 722. The fraction of sp³-hybridized carbons (Fsp3) is 0.400. The van der Waals surface area contributed by atoms with Crippen molar-refractivity contribution in [2.75, 3.05) is 13.1 Å². The van der Waals surface area contributed by atoms with E-state index in [-0.39, 0.29) is 30.2 Å². The van der Waals surface area contributed by atoms with Gasteiger partial charge in [-0.3, -0.25) is 9.59 Å². The van der Waals surface area contributed by atoms with Crippen LogP contribution in [-0.4, -0.2) is 29.8 Å². The molecule has 25 heavy (non-hydrogen) atoms. The number of nitrogens with zero attached hydrogens (tertiary/aromatic N) is 1. The maximum atomic E-state index is 12.7. The summed E-state index contributed by atoms with van der Waals surface area (Å²) in [6, 6.07) is 11.7. The number of amides is 2. The minimum atomic E-state index is -0.365. The summed E-state index contributed by atoms with van der Waals surface area (Å²) in [4.78, 5) is 26.6. The Hall–Kier alpha value is -2.56. The molecule has 1 aliphatic rings. The van der Waals surface area contributed by atoms with Gasteiger partial charge in [-0.15, -0.1) is 0 Å². The molecule has 0 aliphatic carbocycles. The fourth-order valence-electron chi connectivity index (χ4n) is 3.49. The molecular weight excluding hydrogens is 316 g/mol. The van der Waals surface area contributed by atoms with Gasteiger partial charge in [0.25, 0.3) is 5.91 Å². The number of rotatable bonds is 4. The zero-order valence-corrected chi connectivity index (χ0v) is 14.7. The Balaban J connectivity index is 1.70. The predicted molar refractivity (Wildman–Crippen MR) is 95.1 cm³/mol. The second-order valence-electron chi connectivity index (χ2n) is 6.72. The number of hydrogen-bond donors (Lipinski definition) is 1. The van der Waals surface area contributed by atoms with E-state index in [0.717, 1.165) is 24.9 Å². The van der Waals surface area contributed by atoms with Gasteiger partial charge in [0.15, 0.2) is 5.76 Å². The molecule has 3 rings (SSSR count). The topological polar surface area (TPSA) is 62.6 Å². The molecule has 1 saturated heterocycles. The quantitative estimate of drug-likeness (QED) is 0.929. The second-order valence-corrected chi connectivity index (χ2v) is 6.72. The van der Waals surface area contributed by atoms with Crippen LogP contribution in [0.5, 0.6) is 0 Å². The Morgan fingerprint density at radius 2 is 2.00 bits per heavy atom. The van der Waals surface area contributed by atoms with Gasteiger partial charge < -0.3 is 14.6 Å². The van der Waals surface area contributed by atoms with Crippen LogP contribution in [0.1, 0.15) is 47.5 Å². The van der Waals surface area contributed by atoms with Crippen LogP contribution >= 0.6 is 0 Å².